The molecule has 0 aliphatic carbocycles. The summed E-state index contributed by atoms with van der Waals surface area (Å²) in [6.45, 7) is 1.70. The maximum Gasteiger partial charge on any atom is 0.284 e. The summed E-state index contributed by atoms with van der Waals surface area (Å²) in [6.07, 6.45) is 1.36. The molecule has 0 saturated heterocycles. The number of hydrogen-bond donors (Lipinski definition) is 0. The highest BCUT2D eigenvalue weighted by atomic mass is 35.5. The van der Waals surface area contributed by atoms with Gasteiger partial charge in [0.25, 0.3) is 10.0 Å². The minimum atomic E-state index is -3.78. The first-order chi connectivity index (χ1) is 7.91. The Morgan fingerprint density at radius 1 is 1.24 bits per heavy atom. The second kappa shape index (κ2) is 4.33. The van der Waals surface area contributed by atoms with Gasteiger partial charge in [0.15, 0.2) is 0 Å². The van der Waals surface area contributed by atoms with Gasteiger partial charge in [0, 0.05) is 11.2 Å². The van der Waals surface area contributed by atoms with Gasteiger partial charge < -0.3 is 0 Å². The molecule has 1 aromatic carbocycles. The van der Waals surface area contributed by atoms with Gasteiger partial charge in [-0.25, -0.2) is 0 Å². The first-order valence-corrected chi connectivity index (χ1v) is 6.84. The van der Waals surface area contributed by atoms with E-state index in [9.17, 15) is 8.42 Å². The van der Waals surface area contributed by atoms with Crippen LogP contribution in [-0.2, 0) is 10.0 Å². The molecule has 0 radical (unpaired) electrons. The lowest BCUT2D eigenvalue weighted by atomic mass is 10.4. The summed E-state index contributed by atoms with van der Waals surface area (Å²) >= 11 is 11.6. The van der Waals surface area contributed by atoms with Crippen molar-refractivity contribution in [1.82, 2.24) is 9.19 Å². The Morgan fingerprint density at radius 2 is 1.94 bits per heavy atom. The van der Waals surface area contributed by atoms with Crippen molar-refractivity contribution < 1.29 is 8.42 Å². The topological polar surface area (TPSA) is 52.0 Å². The van der Waals surface area contributed by atoms with E-state index < -0.39 is 10.0 Å². The van der Waals surface area contributed by atoms with Crippen molar-refractivity contribution in [2.24, 2.45) is 0 Å². The standard InChI is InChI=1S/C10H8Cl2N2O2S/c1-7-4-5-14(13-7)17(15,16)10-6-8(11)2-3-9(10)12/h2-6H,1H3. The minimum Gasteiger partial charge on any atom is -0.199 e. The summed E-state index contributed by atoms with van der Waals surface area (Å²) in [5.74, 6) is 0. The number of aryl methyl sites for hydroxylation is 1. The number of benzene rings is 1. The van der Waals surface area contributed by atoms with E-state index >= 15 is 0 Å². The van der Waals surface area contributed by atoms with Crippen molar-refractivity contribution in [2.45, 2.75) is 11.8 Å². The molecule has 0 aliphatic heterocycles. The summed E-state index contributed by atoms with van der Waals surface area (Å²) in [5.41, 5.74) is 0.603. The Morgan fingerprint density at radius 3 is 2.53 bits per heavy atom. The van der Waals surface area contributed by atoms with E-state index in [-0.39, 0.29) is 9.92 Å². The number of halogens is 2. The van der Waals surface area contributed by atoms with Crippen LogP contribution in [0, 0.1) is 6.92 Å². The van der Waals surface area contributed by atoms with E-state index in [0.29, 0.717) is 10.7 Å². The van der Waals surface area contributed by atoms with E-state index in [0.717, 1.165) is 4.09 Å². The van der Waals surface area contributed by atoms with Gasteiger partial charge in [-0.15, -0.1) is 0 Å². The van der Waals surface area contributed by atoms with Crippen molar-refractivity contribution in [3.63, 3.8) is 0 Å². The molecule has 0 amide bonds. The maximum absolute atomic E-state index is 12.2. The fourth-order valence-corrected chi connectivity index (χ4v) is 3.20. The third kappa shape index (κ3) is 2.31. The van der Waals surface area contributed by atoms with Crippen molar-refractivity contribution in [2.75, 3.05) is 0 Å². The first kappa shape index (κ1) is 12.4. The van der Waals surface area contributed by atoms with Crippen molar-refractivity contribution in [3.05, 3.63) is 46.2 Å². The van der Waals surface area contributed by atoms with E-state index in [4.69, 9.17) is 23.2 Å². The van der Waals surface area contributed by atoms with Crippen molar-refractivity contribution in [1.29, 1.82) is 0 Å². The van der Waals surface area contributed by atoms with Gasteiger partial charge in [-0.1, -0.05) is 23.2 Å². The van der Waals surface area contributed by atoms with Crippen LogP contribution in [0.3, 0.4) is 0 Å². The third-order valence-electron chi connectivity index (χ3n) is 2.12. The van der Waals surface area contributed by atoms with Gasteiger partial charge in [-0.05, 0) is 31.2 Å². The molecular formula is C10H8Cl2N2O2S. The van der Waals surface area contributed by atoms with Crippen LogP contribution in [0.2, 0.25) is 10.0 Å². The van der Waals surface area contributed by atoms with E-state index in [1.807, 2.05) is 0 Å². The molecule has 0 bridgehead atoms. The highest BCUT2D eigenvalue weighted by molar-refractivity contribution is 7.90. The van der Waals surface area contributed by atoms with Crippen LogP contribution in [0.25, 0.3) is 0 Å². The smallest absolute Gasteiger partial charge is 0.199 e. The molecular weight excluding hydrogens is 283 g/mol. The molecule has 7 heteroatoms. The molecule has 2 rings (SSSR count). The zero-order valence-electron chi connectivity index (χ0n) is 8.76. The molecule has 0 saturated carbocycles. The molecule has 0 aliphatic rings. The summed E-state index contributed by atoms with van der Waals surface area (Å²) in [4.78, 5) is -0.0604. The van der Waals surface area contributed by atoms with Gasteiger partial charge in [-0.2, -0.15) is 17.6 Å². The molecule has 2 aromatic rings. The van der Waals surface area contributed by atoms with Crippen LogP contribution in [-0.4, -0.2) is 17.6 Å². The Bertz CT molecular complexity index is 665. The quantitative estimate of drug-likeness (QED) is 0.855. The van der Waals surface area contributed by atoms with Crippen LogP contribution < -0.4 is 0 Å². The second-order valence-electron chi connectivity index (χ2n) is 3.41. The highest BCUT2D eigenvalue weighted by Crippen LogP contribution is 2.26. The zero-order valence-corrected chi connectivity index (χ0v) is 11.1. The second-order valence-corrected chi connectivity index (χ2v) is 6.02. The lowest BCUT2D eigenvalue weighted by molar-refractivity contribution is 0.579. The van der Waals surface area contributed by atoms with Crippen LogP contribution in [0.4, 0.5) is 0 Å². The van der Waals surface area contributed by atoms with E-state index in [1.54, 1.807) is 13.0 Å². The minimum absolute atomic E-state index is 0.0604. The number of rotatable bonds is 2. The average molecular weight is 291 g/mol. The van der Waals surface area contributed by atoms with Crippen LogP contribution >= 0.6 is 23.2 Å². The van der Waals surface area contributed by atoms with Crippen LogP contribution in [0.15, 0.2) is 35.4 Å². The number of nitrogens with zero attached hydrogens (tertiary/aromatic N) is 2. The summed E-state index contributed by atoms with van der Waals surface area (Å²) in [6, 6.07) is 5.86. The Balaban J connectivity index is 2.63. The molecule has 0 unspecified atom stereocenters. The van der Waals surface area contributed by atoms with Gasteiger partial charge in [0.1, 0.15) is 4.90 Å². The summed E-state index contributed by atoms with van der Waals surface area (Å²) in [7, 11) is -3.78. The summed E-state index contributed by atoms with van der Waals surface area (Å²) in [5, 5.41) is 4.27. The van der Waals surface area contributed by atoms with Gasteiger partial charge in [0.05, 0.1) is 10.7 Å². The molecule has 0 atom stereocenters. The maximum atomic E-state index is 12.2. The molecule has 4 nitrogen and oxygen atoms in total. The summed E-state index contributed by atoms with van der Waals surface area (Å²) < 4.78 is 25.2. The fourth-order valence-electron chi connectivity index (χ4n) is 1.30. The highest BCUT2D eigenvalue weighted by Gasteiger charge is 2.21. The molecule has 0 N–H and O–H groups in total. The fraction of sp³-hybridized carbons (Fsp3) is 0.100. The van der Waals surface area contributed by atoms with Crippen molar-refractivity contribution >= 4 is 33.2 Å². The average Bonchev–Trinajstić information content (AvgIpc) is 2.69. The van der Waals surface area contributed by atoms with Crippen LogP contribution in [0.5, 0.6) is 0 Å². The predicted molar refractivity (Wildman–Crippen MR) is 66.0 cm³/mol. The Hall–Kier alpha value is -1.04. The van der Waals surface area contributed by atoms with Crippen LogP contribution in [0.1, 0.15) is 5.69 Å². The lowest BCUT2D eigenvalue weighted by Gasteiger charge is -2.06. The first-order valence-electron chi connectivity index (χ1n) is 4.64. The monoisotopic (exact) mass is 290 g/mol. The Labute approximate surface area is 109 Å². The molecule has 90 valence electrons. The van der Waals surface area contributed by atoms with E-state index in [1.165, 1.54) is 24.4 Å². The molecule has 17 heavy (non-hydrogen) atoms. The third-order valence-corrected chi connectivity index (χ3v) is 4.38. The molecule has 1 aromatic heterocycles. The normalized spacial score (nSPS) is 11.7. The molecule has 0 spiro atoms. The molecule has 1 heterocycles. The van der Waals surface area contributed by atoms with E-state index in [2.05, 4.69) is 5.10 Å². The largest absolute Gasteiger partial charge is 0.284 e. The number of aromatic nitrogens is 2. The lowest BCUT2D eigenvalue weighted by Crippen LogP contribution is -2.14. The SMILES string of the molecule is Cc1ccn(S(=O)(=O)c2cc(Cl)ccc2Cl)n1. The van der Waals surface area contributed by atoms with Gasteiger partial charge >= 0.3 is 0 Å². The van der Waals surface area contributed by atoms with Crippen molar-refractivity contribution in [3.8, 4) is 0 Å². The zero-order chi connectivity index (χ0) is 12.6. The van der Waals surface area contributed by atoms with Gasteiger partial charge in [0.2, 0.25) is 0 Å². The van der Waals surface area contributed by atoms with Gasteiger partial charge in [-0.3, -0.25) is 0 Å². The molecule has 0 fully saturated rings. The Kier molecular flexibility index (Phi) is 3.16. The number of hydrogen-bond acceptors (Lipinski definition) is 3. The predicted octanol–water partition coefficient (Wildman–Crippen LogP) is 2.74.